The summed E-state index contributed by atoms with van der Waals surface area (Å²) in [5.41, 5.74) is 2.12. The first-order valence-corrected chi connectivity index (χ1v) is 7.29. The maximum Gasteiger partial charge on any atom is 0.123 e. The van der Waals surface area contributed by atoms with Crippen molar-refractivity contribution >= 4 is 39.1 Å². The second-order valence-corrected chi connectivity index (χ2v) is 5.15. The van der Waals surface area contributed by atoms with Crippen molar-refractivity contribution in [3.63, 3.8) is 0 Å². The Hall–Kier alpha value is -0.700. The SMILES string of the molecule is Clc1ccc(COc2ccccc2CBr)cc1Cl. The van der Waals surface area contributed by atoms with Crippen LogP contribution < -0.4 is 4.74 Å². The highest BCUT2D eigenvalue weighted by atomic mass is 79.9. The van der Waals surface area contributed by atoms with Gasteiger partial charge in [-0.3, -0.25) is 0 Å². The van der Waals surface area contributed by atoms with Crippen LogP contribution in [0.2, 0.25) is 10.0 Å². The number of rotatable bonds is 4. The summed E-state index contributed by atoms with van der Waals surface area (Å²) in [7, 11) is 0. The van der Waals surface area contributed by atoms with Gasteiger partial charge < -0.3 is 4.74 Å². The van der Waals surface area contributed by atoms with Gasteiger partial charge in [0, 0.05) is 10.9 Å². The van der Waals surface area contributed by atoms with Crippen LogP contribution in [0.3, 0.4) is 0 Å². The minimum Gasteiger partial charge on any atom is -0.489 e. The number of hydrogen-bond acceptors (Lipinski definition) is 1. The molecule has 0 saturated heterocycles. The van der Waals surface area contributed by atoms with E-state index in [1.54, 1.807) is 6.07 Å². The number of halogens is 3. The van der Waals surface area contributed by atoms with Crippen LogP contribution in [-0.2, 0) is 11.9 Å². The minimum absolute atomic E-state index is 0.473. The van der Waals surface area contributed by atoms with Crippen LogP contribution in [0.25, 0.3) is 0 Å². The van der Waals surface area contributed by atoms with Crippen LogP contribution in [0, 0.1) is 0 Å². The van der Waals surface area contributed by atoms with Crippen molar-refractivity contribution in [2.75, 3.05) is 0 Å². The molecule has 0 aromatic heterocycles. The highest BCUT2D eigenvalue weighted by molar-refractivity contribution is 9.08. The molecule has 18 heavy (non-hydrogen) atoms. The third-order valence-corrected chi connectivity index (χ3v) is 3.84. The van der Waals surface area contributed by atoms with Gasteiger partial charge in [-0.15, -0.1) is 0 Å². The van der Waals surface area contributed by atoms with Crippen molar-refractivity contribution in [1.29, 1.82) is 0 Å². The van der Waals surface area contributed by atoms with Gasteiger partial charge in [0.15, 0.2) is 0 Å². The predicted octanol–water partition coefficient (Wildman–Crippen LogP) is 5.47. The maximum absolute atomic E-state index is 5.96. The number of benzene rings is 2. The standard InChI is InChI=1S/C14H11BrCl2O/c15-8-11-3-1-2-4-14(11)18-9-10-5-6-12(16)13(17)7-10/h1-7H,8-9H2. The highest BCUT2D eigenvalue weighted by Crippen LogP contribution is 2.25. The number of para-hydroxylation sites is 1. The summed E-state index contributed by atoms with van der Waals surface area (Å²) in [6.07, 6.45) is 0. The molecule has 0 aliphatic heterocycles. The molecule has 2 rings (SSSR count). The Morgan fingerprint density at radius 2 is 1.78 bits per heavy atom. The zero-order valence-electron chi connectivity index (χ0n) is 9.50. The minimum atomic E-state index is 0.473. The molecule has 0 N–H and O–H groups in total. The van der Waals surface area contributed by atoms with Crippen molar-refractivity contribution in [2.45, 2.75) is 11.9 Å². The van der Waals surface area contributed by atoms with Crippen molar-refractivity contribution < 1.29 is 4.74 Å². The first kappa shape index (κ1) is 13.7. The Bertz CT molecular complexity index is 543. The second-order valence-electron chi connectivity index (χ2n) is 3.78. The Kier molecular flexibility index (Phi) is 4.93. The van der Waals surface area contributed by atoms with Gasteiger partial charge in [0.2, 0.25) is 0 Å². The lowest BCUT2D eigenvalue weighted by molar-refractivity contribution is 0.304. The molecule has 0 heterocycles. The van der Waals surface area contributed by atoms with Crippen LogP contribution in [0.4, 0.5) is 0 Å². The van der Waals surface area contributed by atoms with E-state index in [0.717, 1.165) is 22.2 Å². The number of hydrogen-bond donors (Lipinski definition) is 0. The van der Waals surface area contributed by atoms with Crippen LogP contribution in [0.15, 0.2) is 42.5 Å². The third kappa shape index (κ3) is 3.41. The van der Waals surface area contributed by atoms with Crippen LogP contribution in [-0.4, -0.2) is 0 Å². The maximum atomic E-state index is 5.96. The van der Waals surface area contributed by atoms with Crippen molar-refractivity contribution in [1.82, 2.24) is 0 Å². The molecular weight excluding hydrogens is 335 g/mol. The second kappa shape index (κ2) is 6.46. The van der Waals surface area contributed by atoms with Gasteiger partial charge >= 0.3 is 0 Å². The molecule has 0 aliphatic carbocycles. The summed E-state index contributed by atoms with van der Waals surface area (Å²) in [5.74, 6) is 0.875. The molecule has 0 bridgehead atoms. The summed E-state index contributed by atoms with van der Waals surface area (Å²) >= 11 is 15.3. The first-order valence-electron chi connectivity index (χ1n) is 5.41. The molecule has 2 aromatic rings. The van der Waals surface area contributed by atoms with E-state index in [1.165, 1.54) is 0 Å². The normalized spacial score (nSPS) is 10.4. The largest absolute Gasteiger partial charge is 0.489 e. The third-order valence-electron chi connectivity index (χ3n) is 2.49. The van der Waals surface area contributed by atoms with Crippen LogP contribution >= 0.6 is 39.1 Å². The van der Waals surface area contributed by atoms with Gasteiger partial charge in [-0.1, -0.05) is 63.4 Å². The Morgan fingerprint density at radius 3 is 2.50 bits per heavy atom. The van der Waals surface area contributed by atoms with Crippen molar-refractivity contribution in [3.05, 3.63) is 63.6 Å². The summed E-state index contributed by atoms with van der Waals surface area (Å²) in [6, 6.07) is 13.4. The van der Waals surface area contributed by atoms with Crippen molar-refractivity contribution in [3.8, 4) is 5.75 Å². The molecule has 0 amide bonds. The lowest BCUT2D eigenvalue weighted by Gasteiger charge is -2.10. The molecule has 0 atom stereocenters. The van der Waals surface area contributed by atoms with E-state index in [1.807, 2.05) is 36.4 Å². The average Bonchev–Trinajstić information content (AvgIpc) is 2.40. The van der Waals surface area contributed by atoms with E-state index in [0.29, 0.717) is 16.7 Å². The Balaban J connectivity index is 2.09. The molecule has 0 spiro atoms. The molecule has 0 fully saturated rings. The molecule has 2 aromatic carbocycles. The molecule has 0 aliphatic rings. The fraction of sp³-hybridized carbons (Fsp3) is 0.143. The summed E-state index contributed by atoms with van der Waals surface area (Å²) in [4.78, 5) is 0. The molecule has 0 saturated carbocycles. The van der Waals surface area contributed by atoms with E-state index in [9.17, 15) is 0 Å². The van der Waals surface area contributed by atoms with Gasteiger partial charge in [0.05, 0.1) is 10.0 Å². The molecule has 0 radical (unpaired) electrons. The smallest absolute Gasteiger partial charge is 0.123 e. The van der Waals surface area contributed by atoms with Gasteiger partial charge in [-0.25, -0.2) is 0 Å². The van der Waals surface area contributed by atoms with Gasteiger partial charge in [0.25, 0.3) is 0 Å². The van der Waals surface area contributed by atoms with Crippen molar-refractivity contribution in [2.24, 2.45) is 0 Å². The molecule has 4 heteroatoms. The average molecular weight is 346 g/mol. The Morgan fingerprint density at radius 1 is 1.00 bits per heavy atom. The van der Waals surface area contributed by atoms with E-state index >= 15 is 0 Å². The Labute approximate surface area is 125 Å². The summed E-state index contributed by atoms with van der Waals surface area (Å²) in [5, 5.41) is 1.87. The number of alkyl halides is 1. The monoisotopic (exact) mass is 344 g/mol. The molecular formula is C14H11BrCl2O. The van der Waals surface area contributed by atoms with Gasteiger partial charge in [-0.05, 0) is 23.8 Å². The lowest BCUT2D eigenvalue weighted by Crippen LogP contribution is -1.97. The van der Waals surface area contributed by atoms with E-state index < -0.39 is 0 Å². The fourth-order valence-corrected chi connectivity index (χ4v) is 2.33. The van der Waals surface area contributed by atoms with Gasteiger partial charge in [0.1, 0.15) is 12.4 Å². The van der Waals surface area contributed by atoms with Crippen LogP contribution in [0.1, 0.15) is 11.1 Å². The van der Waals surface area contributed by atoms with E-state index in [-0.39, 0.29) is 0 Å². The van der Waals surface area contributed by atoms with Crippen LogP contribution in [0.5, 0.6) is 5.75 Å². The first-order chi connectivity index (χ1) is 8.70. The molecule has 94 valence electrons. The lowest BCUT2D eigenvalue weighted by atomic mass is 10.2. The zero-order valence-corrected chi connectivity index (χ0v) is 12.6. The molecule has 0 unspecified atom stereocenters. The summed E-state index contributed by atoms with van der Waals surface area (Å²) < 4.78 is 5.78. The fourth-order valence-electron chi connectivity index (χ4n) is 1.55. The molecule has 1 nitrogen and oxygen atoms in total. The predicted molar refractivity (Wildman–Crippen MR) is 79.9 cm³/mol. The zero-order chi connectivity index (χ0) is 13.0. The summed E-state index contributed by atoms with van der Waals surface area (Å²) in [6.45, 7) is 0.473. The topological polar surface area (TPSA) is 9.23 Å². The van der Waals surface area contributed by atoms with E-state index in [2.05, 4.69) is 15.9 Å². The van der Waals surface area contributed by atoms with Gasteiger partial charge in [-0.2, -0.15) is 0 Å². The quantitative estimate of drug-likeness (QED) is 0.668. The highest BCUT2D eigenvalue weighted by Gasteiger charge is 2.03. The van der Waals surface area contributed by atoms with E-state index in [4.69, 9.17) is 27.9 Å². The number of ether oxygens (including phenoxy) is 1.